The molecule has 1 atom stereocenters. The van der Waals surface area contributed by atoms with Crippen LogP contribution in [0.25, 0.3) is 0 Å². The number of carbonyl (C=O) groups excluding carboxylic acids is 1. The SMILES string of the molecule is O=C1c2c(O)c(=O)c(O)cn2N(Cc2ccc(F)cc2)C(F)N1Cc1ccc(F)cc1. The maximum atomic E-state index is 15.6. The molecule has 0 fully saturated rings. The Labute approximate surface area is 173 Å². The van der Waals surface area contributed by atoms with Gasteiger partial charge in [-0.2, -0.15) is 4.39 Å². The van der Waals surface area contributed by atoms with Crippen molar-refractivity contribution in [3.63, 3.8) is 0 Å². The molecule has 1 unspecified atom stereocenters. The number of pyridine rings is 1. The smallest absolute Gasteiger partial charge is 0.280 e. The highest BCUT2D eigenvalue weighted by Gasteiger charge is 2.40. The Morgan fingerprint density at radius 1 is 0.839 bits per heavy atom. The van der Waals surface area contributed by atoms with E-state index in [1.54, 1.807) is 0 Å². The zero-order valence-corrected chi connectivity index (χ0v) is 15.9. The predicted molar refractivity (Wildman–Crippen MR) is 104 cm³/mol. The molecule has 4 rings (SSSR count). The molecule has 2 aromatic carbocycles. The number of amides is 1. The molecule has 31 heavy (non-hydrogen) atoms. The molecule has 1 aromatic heterocycles. The monoisotopic (exact) mass is 431 g/mol. The van der Waals surface area contributed by atoms with Crippen LogP contribution in [0.2, 0.25) is 0 Å². The van der Waals surface area contributed by atoms with E-state index in [2.05, 4.69) is 0 Å². The fourth-order valence-electron chi connectivity index (χ4n) is 3.34. The second-order valence-corrected chi connectivity index (χ2v) is 6.98. The average molecular weight is 431 g/mol. The van der Waals surface area contributed by atoms with Crippen LogP contribution in [0.3, 0.4) is 0 Å². The summed E-state index contributed by atoms with van der Waals surface area (Å²) < 4.78 is 42.9. The molecule has 0 radical (unpaired) electrons. The predicted octanol–water partition coefficient (Wildman–Crippen LogP) is 2.59. The van der Waals surface area contributed by atoms with Crippen molar-refractivity contribution >= 4 is 5.91 Å². The molecular formula is C21H16F3N3O4. The van der Waals surface area contributed by atoms with Crippen LogP contribution in [-0.2, 0) is 13.1 Å². The van der Waals surface area contributed by atoms with Crippen LogP contribution < -0.4 is 10.4 Å². The first kappa shape index (κ1) is 20.3. The van der Waals surface area contributed by atoms with Crippen LogP contribution in [0.4, 0.5) is 13.2 Å². The van der Waals surface area contributed by atoms with Crippen LogP contribution in [0.1, 0.15) is 21.6 Å². The number of carbonyl (C=O) groups is 1. The minimum Gasteiger partial charge on any atom is -0.503 e. The first-order valence-electron chi connectivity index (χ1n) is 9.14. The van der Waals surface area contributed by atoms with Gasteiger partial charge in [0.1, 0.15) is 11.6 Å². The number of hydrogen-bond donors (Lipinski definition) is 2. The molecule has 160 valence electrons. The Bertz CT molecular complexity index is 1200. The van der Waals surface area contributed by atoms with Gasteiger partial charge >= 0.3 is 0 Å². The van der Waals surface area contributed by atoms with Crippen LogP contribution in [0.5, 0.6) is 11.5 Å². The number of hydrogen-bond acceptors (Lipinski definition) is 5. The summed E-state index contributed by atoms with van der Waals surface area (Å²) in [5.41, 5.74) is -0.849. The maximum Gasteiger partial charge on any atom is 0.280 e. The molecule has 1 aliphatic heterocycles. The molecule has 2 N–H and O–H groups in total. The lowest BCUT2D eigenvalue weighted by atomic mass is 10.1. The average Bonchev–Trinajstić information content (AvgIpc) is 2.75. The number of rotatable bonds is 4. The van der Waals surface area contributed by atoms with Crippen LogP contribution in [0.15, 0.2) is 59.5 Å². The molecule has 0 bridgehead atoms. The van der Waals surface area contributed by atoms with E-state index in [0.29, 0.717) is 11.1 Å². The van der Waals surface area contributed by atoms with Crippen molar-refractivity contribution in [1.29, 1.82) is 0 Å². The summed E-state index contributed by atoms with van der Waals surface area (Å²) in [6, 6.07) is 10.2. The van der Waals surface area contributed by atoms with Gasteiger partial charge in [-0.25, -0.2) is 13.5 Å². The van der Waals surface area contributed by atoms with Gasteiger partial charge in [0.15, 0.2) is 17.2 Å². The van der Waals surface area contributed by atoms with Gasteiger partial charge in [0.05, 0.1) is 19.3 Å². The Hall–Kier alpha value is -3.95. The maximum absolute atomic E-state index is 15.6. The van der Waals surface area contributed by atoms with Crippen LogP contribution >= 0.6 is 0 Å². The van der Waals surface area contributed by atoms with Crippen molar-refractivity contribution in [2.45, 2.75) is 19.5 Å². The normalized spacial score (nSPS) is 15.8. The molecule has 0 spiro atoms. The highest BCUT2D eigenvalue weighted by molar-refractivity contribution is 5.96. The van der Waals surface area contributed by atoms with Gasteiger partial charge in [0.2, 0.25) is 0 Å². The standard InChI is InChI=1S/C21H16F3N3O4/c22-14-5-1-12(2-6-14)9-25-20(31)17-19(30)18(29)16(28)11-26(17)27(21(25)24)10-13-3-7-15(23)8-4-13/h1-8,11,21,28,30H,9-10H2. The summed E-state index contributed by atoms with van der Waals surface area (Å²) >= 11 is 0. The molecule has 0 aliphatic carbocycles. The Kier molecular flexibility index (Phi) is 5.05. The number of benzene rings is 2. The highest BCUT2D eigenvalue weighted by Crippen LogP contribution is 2.29. The zero-order chi connectivity index (χ0) is 22.3. The lowest BCUT2D eigenvalue weighted by molar-refractivity contribution is 0.0213. The molecule has 10 heteroatoms. The third kappa shape index (κ3) is 3.67. The third-order valence-corrected chi connectivity index (χ3v) is 4.91. The fourth-order valence-corrected chi connectivity index (χ4v) is 3.34. The summed E-state index contributed by atoms with van der Waals surface area (Å²) in [4.78, 5) is 25.7. The fraction of sp³-hybridized carbons (Fsp3) is 0.143. The van der Waals surface area contributed by atoms with Crippen molar-refractivity contribution in [3.05, 3.63) is 93.4 Å². The molecule has 3 aromatic rings. The molecule has 7 nitrogen and oxygen atoms in total. The van der Waals surface area contributed by atoms with Gasteiger partial charge in [-0.15, -0.1) is 0 Å². The van der Waals surface area contributed by atoms with Crippen molar-refractivity contribution in [3.8, 4) is 11.5 Å². The van der Waals surface area contributed by atoms with Crippen molar-refractivity contribution in [1.82, 2.24) is 9.58 Å². The number of aromatic nitrogens is 1. The molecule has 1 aliphatic rings. The molecule has 0 saturated heterocycles. The number of fused-ring (bicyclic) bond motifs is 1. The second kappa shape index (κ2) is 7.71. The van der Waals surface area contributed by atoms with Gasteiger partial charge in [-0.05, 0) is 35.4 Å². The summed E-state index contributed by atoms with van der Waals surface area (Å²) in [5, 5.41) is 21.0. The van der Waals surface area contributed by atoms with Gasteiger partial charge < -0.3 is 10.2 Å². The molecule has 1 amide bonds. The Balaban J connectivity index is 1.80. The van der Waals surface area contributed by atoms with E-state index < -0.39 is 46.6 Å². The topological polar surface area (TPSA) is 86.0 Å². The van der Waals surface area contributed by atoms with Crippen molar-refractivity contribution in [2.24, 2.45) is 0 Å². The van der Waals surface area contributed by atoms with E-state index in [1.165, 1.54) is 36.4 Å². The summed E-state index contributed by atoms with van der Waals surface area (Å²) in [6.07, 6.45) is -1.25. The minimum absolute atomic E-state index is 0.191. The molecule has 0 saturated carbocycles. The number of nitrogens with zero attached hydrogens (tertiary/aromatic N) is 3. The van der Waals surface area contributed by atoms with E-state index in [0.717, 1.165) is 32.9 Å². The Morgan fingerprint density at radius 3 is 1.90 bits per heavy atom. The summed E-state index contributed by atoms with van der Waals surface area (Å²) in [6.45, 7) is -0.474. The van der Waals surface area contributed by atoms with Crippen molar-refractivity contribution in [2.75, 3.05) is 5.01 Å². The van der Waals surface area contributed by atoms with E-state index in [1.807, 2.05) is 0 Å². The van der Waals surface area contributed by atoms with Crippen molar-refractivity contribution < 1.29 is 28.2 Å². The first-order valence-corrected chi connectivity index (χ1v) is 9.14. The first-order chi connectivity index (χ1) is 14.8. The van der Waals surface area contributed by atoms with Gasteiger partial charge in [0, 0.05) is 0 Å². The minimum atomic E-state index is -2.09. The van der Waals surface area contributed by atoms with E-state index in [4.69, 9.17) is 0 Å². The lowest BCUT2D eigenvalue weighted by Crippen LogP contribution is -2.58. The summed E-state index contributed by atoms with van der Waals surface area (Å²) in [7, 11) is 0. The lowest BCUT2D eigenvalue weighted by Gasteiger charge is -2.42. The van der Waals surface area contributed by atoms with E-state index in [9.17, 15) is 28.6 Å². The highest BCUT2D eigenvalue weighted by atomic mass is 19.1. The molecular weight excluding hydrogens is 415 g/mol. The largest absolute Gasteiger partial charge is 0.503 e. The summed E-state index contributed by atoms with van der Waals surface area (Å²) in [5.74, 6) is -3.91. The zero-order valence-electron chi connectivity index (χ0n) is 15.9. The van der Waals surface area contributed by atoms with E-state index >= 15 is 4.39 Å². The van der Waals surface area contributed by atoms with Crippen LogP contribution in [0, 0.1) is 11.6 Å². The van der Waals surface area contributed by atoms with Crippen LogP contribution in [-0.4, -0.2) is 32.1 Å². The quantitative estimate of drug-likeness (QED) is 0.621. The number of halogens is 3. The van der Waals surface area contributed by atoms with Gasteiger partial charge in [-0.3, -0.25) is 19.5 Å². The molecule has 2 heterocycles. The third-order valence-electron chi connectivity index (χ3n) is 4.91. The Morgan fingerprint density at radius 2 is 1.35 bits per heavy atom. The van der Waals surface area contributed by atoms with Gasteiger partial charge in [0.25, 0.3) is 17.8 Å². The van der Waals surface area contributed by atoms with Gasteiger partial charge in [-0.1, -0.05) is 24.3 Å². The second-order valence-electron chi connectivity index (χ2n) is 6.98. The van der Waals surface area contributed by atoms with E-state index in [-0.39, 0.29) is 13.1 Å². The number of alkyl halides is 1. The number of aromatic hydroxyl groups is 2.